The fourth-order valence-electron chi connectivity index (χ4n) is 4.88. The van der Waals surface area contributed by atoms with Gasteiger partial charge in [-0.1, -0.05) is 31.9 Å². The Labute approximate surface area is 315 Å². The van der Waals surface area contributed by atoms with E-state index >= 15 is 0 Å². The van der Waals surface area contributed by atoms with Crippen molar-refractivity contribution in [3.63, 3.8) is 0 Å². The lowest BCUT2D eigenvalue weighted by atomic mass is 10.1. The Morgan fingerprint density at radius 1 is 0.660 bits per heavy atom. The zero-order valence-electron chi connectivity index (χ0n) is 27.2. The minimum Gasteiger partial charge on any atom is -0.420 e. The summed E-state index contributed by atoms with van der Waals surface area (Å²) < 4.78 is 83.3. The van der Waals surface area contributed by atoms with Gasteiger partial charge in [0.1, 0.15) is 0 Å². The van der Waals surface area contributed by atoms with Crippen LogP contribution in [0, 0.1) is 5.92 Å². The lowest BCUT2D eigenvalue weighted by Gasteiger charge is -2.14. The molecule has 1 aromatic heterocycles. The van der Waals surface area contributed by atoms with Crippen LogP contribution in [0.3, 0.4) is 0 Å². The average molecular weight is 866 g/mol. The van der Waals surface area contributed by atoms with Crippen molar-refractivity contribution in [1.29, 1.82) is 0 Å². The molecule has 1 heterocycles. The minimum atomic E-state index is -4.42. The van der Waals surface area contributed by atoms with Crippen LogP contribution in [-0.2, 0) is 17.1 Å². The number of rotatable bonds is 8. The quantitative estimate of drug-likeness (QED) is 0.0905. The standard InChI is InChI=1S/C18H15BrF3N3O2.C18H13BrF3N3O/c19-12-5-8-15(23-13-6-3-11(4-7-13)18(20,21)22)14(9-12)17(27)25-24-16(26)10-1-2-10;19-12-5-8-15(23-13-6-3-11(4-7-13)18(20,21)22)14(9-12)17-25-24-16(26-17)10-1-2-10/h3-10,23H,1-2H2,(H,24,26)(H,25,27);3-10,23H,1-2H2. The number of amides is 2. The first-order valence-corrected chi connectivity index (χ1v) is 17.6. The number of aromatic nitrogens is 2. The van der Waals surface area contributed by atoms with Gasteiger partial charge in [-0.05, 0) is 111 Å². The Hall–Kier alpha value is -4.90. The maximum absolute atomic E-state index is 12.7. The van der Waals surface area contributed by atoms with E-state index in [0.29, 0.717) is 50.5 Å². The number of halogens is 8. The number of nitrogens with one attached hydrogen (secondary N) is 4. The van der Waals surface area contributed by atoms with Crippen LogP contribution in [0.4, 0.5) is 49.1 Å². The molecule has 2 amide bonds. The van der Waals surface area contributed by atoms with E-state index < -0.39 is 29.4 Å². The zero-order chi connectivity index (χ0) is 37.9. The third-order valence-corrected chi connectivity index (χ3v) is 9.02. The number of hydrogen-bond acceptors (Lipinski definition) is 7. The monoisotopic (exact) mass is 864 g/mol. The molecule has 5 aromatic rings. The minimum absolute atomic E-state index is 0.0578. The third-order valence-electron chi connectivity index (χ3n) is 8.04. The van der Waals surface area contributed by atoms with Gasteiger partial charge in [0.15, 0.2) is 0 Å². The molecule has 0 atom stereocenters. The van der Waals surface area contributed by atoms with Gasteiger partial charge in [0.05, 0.1) is 33.6 Å². The SMILES string of the molecule is FC(F)(F)c1ccc(Nc2ccc(Br)cc2-c2nnc(C3CC3)o2)cc1.O=C(NNC(=O)C1CC1)c1cc(Br)ccc1Nc1ccc(C(F)(F)F)cc1. The molecule has 2 aliphatic rings. The number of alkyl halides is 6. The molecule has 53 heavy (non-hydrogen) atoms. The molecule has 276 valence electrons. The van der Waals surface area contributed by atoms with Crippen LogP contribution in [0.25, 0.3) is 11.5 Å². The lowest BCUT2D eigenvalue weighted by Crippen LogP contribution is -2.42. The van der Waals surface area contributed by atoms with Gasteiger partial charge in [-0.2, -0.15) is 26.3 Å². The van der Waals surface area contributed by atoms with Crippen LogP contribution < -0.4 is 21.5 Å². The summed E-state index contributed by atoms with van der Waals surface area (Å²) in [5, 5.41) is 14.2. The van der Waals surface area contributed by atoms with Crippen molar-refractivity contribution in [2.45, 2.75) is 44.0 Å². The van der Waals surface area contributed by atoms with Crippen molar-refractivity contribution < 1.29 is 40.3 Å². The summed E-state index contributed by atoms with van der Waals surface area (Å²) in [6.45, 7) is 0. The number of hydrazine groups is 1. The van der Waals surface area contributed by atoms with Crippen LogP contribution in [0.5, 0.6) is 0 Å². The molecule has 0 spiro atoms. The molecule has 0 aliphatic heterocycles. The van der Waals surface area contributed by atoms with E-state index in [1.54, 1.807) is 24.3 Å². The second-order valence-electron chi connectivity index (χ2n) is 12.2. The fourth-order valence-corrected chi connectivity index (χ4v) is 5.61. The highest BCUT2D eigenvalue weighted by atomic mass is 79.9. The van der Waals surface area contributed by atoms with E-state index in [0.717, 1.165) is 54.4 Å². The van der Waals surface area contributed by atoms with Gasteiger partial charge in [0.25, 0.3) is 5.91 Å². The van der Waals surface area contributed by atoms with Crippen LogP contribution in [0.15, 0.2) is 98.3 Å². The molecule has 0 radical (unpaired) electrons. The molecule has 0 saturated heterocycles. The van der Waals surface area contributed by atoms with Crippen LogP contribution in [0.1, 0.15) is 59.0 Å². The second kappa shape index (κ2) is 15.6. The predicted molar refractivity (Wildman–Crippen MR) is 191 cm³/mol. The molecule has 0 unspecified atom stereocenters. The van der Waals surface area contributed by atoms with E-state index in [4.69, 9.17) is 4.42 Å². The summed E-state index contributed by atoms with van der Waals surface area (Å²) in [6.07, 6.45) is -5.06. The molecule has 2 saturated carbocycles. The summed E-state index contributed by atoms with van der Waals surface area (Å²) in [7, 11) is 0. The van der Waals surface area contributed by atoms with Crippen molar-refractivity contribution in [2.75, 3.05) is 10.6 Å². The van der Waals surface area contributed by atoms with Crippen LogP contribution in [0.2, 0.25) is 0 Å². The molecule has 4 N–H and O–H groups in total. The van der Waals surface area contributed by atoms with Crippen molar-refractivity contribution in [3.8, 4) is 11.5 Å². The Bertz CT molecular complexity index is 2100. The number of nitrogens with zero attached hydrogens (tertiary/aromatic N) is 2. The summed E-state index contributed by atoms with van der Waals surface area (Å²) in [4.78, 5) is 24.1. The van der Waals surface area contributed by atoms with Crippen molar-refractivity contribution in [2.24, 2.45) is 5.92 Å². The third kappa shape index (κ3) is 10.2. The molecule has 9 nitrogen and oxygen atoms in total. The molecule has 2 aliphatic carbocycles. The maximum atomic E-state index is 12.7. The fraction of sp³-hybridized carbons (Fsp3) is 0.222. The van der Waals surface area contributed by atoms with Gasteiger partial charge < -0.3 is 15.1 Å². The molecular formula is C36H28Br2F6N6O3. The highest BCUT2D eigenvalue weighted by Gasteiger charge is 2.32. The van der Waals surface area contributed by atoms with Crippen molar-refractivity contribution in [1.82, 2.24) is 21.0 Å². The largest absolute Gasteiger partial charge is 0.420 e. The summed E-state index contributed by atoms with van der Waals surface area (Å²) in [5.41, 5.74) is 6.15. The summed E-state index contributed by atoms with van der Waals surface area (Å²) in [6, 6.07) is 19.6. The average Bonchev–Trinajstić information content (AvgIpc) is 4.07. The summed E-state index contributed by atoms with van der Waals surface area (Å²) >= 11 is 6.69. The molecule has 17 heteroatoms. The molecule has 4 aromatic carbocycles. The number of hydrogen-bond donors (Lipinski definition) is 4. The topological polar surface area (TPSA) is 121 Å². The van der Waals surface area contributed by atoms with Crippen molar-refractivity contribution >= 4 is 66.4 Å². The van der Waals surface area contributed by atoms with E-state index in [2.05, 4.69) is 63.5 Å². The number of carbonyl (C=O) groups excluding carboxylic acids is 2. The Morgan fingerprint density at radius 3 is 1.72 bits per heavy atom. The van der Waals surface area contributed by atoms with E-state index in [1.807, 2.05) is 12.1 Å². The first-order valence-electron chi connectivity index (χ1n) is 16.1. The predicted octanol–water partition coefficient (Wildman–Crippen LogP) is 10.5. The first kappa shape index (κ1) is 37.8. The maximum Gasteiger partial charge on any atom is 0.416 e. The molecular weight excluding hydrogens is 838 g/mol. The normalized spacial score (nSPS) is 14.1. The van der Waals surface area contributed by atoms with E-state index in [9.17, 15) is 35.9 Å². The second-order valence-corrected chi connectivity index (χ2v) is 14.0. The van der Waals surface area contributed by atoms with Gasteiger partial charge in [-0.15, -0.1) is 10.2 Å². The lowest BCUT2D eigenvalue weighted by molar-refractivity contribution is -0.138. The van der Waals surface area contributed by atoms with Crippen LogP contribution >= 0.6 is 31.9 Å². The Balaban J connectivity index is 0.000000181. The van der Waals surface area contributed by atoms with Crippen molar-refractivity contribution in [3.05, 3.63) is 116 Å². The molecule has 7 rings (SSSR count). The van der Waals surface area contributed by atoms with Gasteiger partial charge in [-0.3, -0.25) is 20.4 Å². The number of carbonyl (C=O) groups is 2. The smallest absolute Gasteiger partial charge is 0.416 e. The van der Waals surface area contributed by atoms with E-state index in [1.165, 1.54) is 24.3 Å². The summed E-state index contributed by atoms with van der Waals surface area (Å²) in [5.74, 6) is 0.505. The molecule has 2 fully saturated rings. The Morgan fingerprint density at radius 2 is 1.19 bits per heavy atom. The van der Waals surface area contributed by atoms with Gasteiger partial charge in [0, 0.05) is 32.2 Å². The Kier molecular flexibility index (Phi) is 11.1. The zero-order valence-corrected chi connectivity index (χ0v) is 30.4. The highest BCUT2D eigenvalue weighted by Crippen LogP contribution is 2.41. The van der Waals surface area contributed by atoms with E-state index in [-0.39, 0.29) is 17.4 Å². The van der Waals surface area contributed by atoms with Crippen LogP contribution in [-0.4, -0.2) is 22.0 Å². The number of benzene rings is 4. The first-order chi connectivity index (χ1) is 25.1. The van der Waals surface area contributed by atoms with Gasteiger partial charge >= 0.3 is 12.4 Å². The van der Waals surface area contributed by atoms with Gasteiger partial charge in [-0.25, -0.2) is 0 Å². The molecule has 0 bridgehead atoms. The highest BCUT2D eigenvalue weighted by molar-refractivity contribution is 9.10. The number of anilines is 4. The van der Waals surface area contributed by atoms with Gasteiger partial charge in [0.2, 0.25) is 17.7 Å².